The number of amides is 1. The fourth-order valence-corrected chi connectivity index (χ4v) is 2.28. The maximum absolute atomic E-state index is 11.4. The first kappa shape index (κ1) is 12.0. The standard InChI is InChI=1S/C11H11BrN2O3/c12-9-4-3-8(6-10(9)14(16)17)7-13-5-1-2-11(13)15/h3-4,6H,1-2,5,7H2. The quantitative estimate of drug-likeness (QED) is 0.636. The van der Waals surface area contributed by atoms with E-state index in [1.807, 2.05) is 0 Å². The molecule has 1 heterocycles. The largest absolute Gasteiger partial charge is 0.338 e. The van der Waals surface area contributed by atoms with Crippen LogP contribution in [-0.2, 0) is 11.3 Å². The van der Waals surface area contributed by atoms with Crippen LogP contribution in [0.25, 0.3) is 0 Å². The fraction of sp³-hybridized carbons (Fsp3) is 0.364. The summed E-state index contributed by atoms with van der Waals surface area (Å²) in [6, 6.07) is 4.95. The third-order valence-corrected chi connectivity index (χ3v) is 3.42. The van der Waals surface area contributed by atoms with Gasteiger partial charge in [0.2, 0.25) is 5.91 Å². The van der Waals surface area contributed by atoms with E-state index in [9.17, 15) is 14.9 Å². The van der Waals surface area contributed by atoms with Gasteiger partial charge in [0.15, 0.2) is 0 Å². The Morgan fingerprint density at radius 2 is 2.24 bits per heavy atom. The predicted octanol–water partition coefficient (Wildman–Crippen LogP) is 2.48. The molecule has 0 atom stereocenters. The summed E-state index contributed by atoms with van der Waals surface area (Å²) in [6.45, 7) is 1.19. The number of halogens is 1. The van der Waals surface area contributed by atoms with E-state index in [1.165, 1.54) is 6.07 Å². The molecule has 0 spiro atoms. The molecule has 0 N–H and O–H groups in total. The zero-order chi connectivity index (χ0) is 12.4. The van der Waals surface area contributed by atoms with Gasteiger partial charge >= 0.3 is 0 Å². The number of carbonyl (C=O) groups is 1. The number of carbonyl (C=O) groups excluding carboxylic acids is 1. The third-order valence-electron chi connectivity index (χ3n) is 2.75. The van der Waals surface area contributed by atoms with Gasteiger partial charge in [0.25, 0.3) is 5.69 Å². The van der Waals surface area contributed by atoms with Crippen molar-refractivity contribution in [2.24, 2.45) is 0 Å². The average Bonchev–Trinajstić information content (AvgIpc) is 2.67. The molecule has 1 aliphatic heterocycles. The maximum Gasteiger partial charge on any atom is 0.283 e. The minimum absolute atomic E-state index is 0.0362. The van der Waals surface area contributed by atoms with Gasteiger partial charge in [0.1, 0.15) is 0 Å². The molecule has 0 saturated carbocycles. The number of benzene rings is 1. The Kier molecular flexibility index (Phi) is 3.42. The van der Waals surface area contributed by atoms with E-state index in [4.69, 9.17) is 0 Å². The molecule has 1 saturated heterocycles. The van der Waals surface area contributed by atoms with Gasteiger partial charge in [0.05, 0.1) is 9.40 Å². The Balaban J connectivity index is 2.19. The summed E-state index contributed by atoms with van der Waals surface area (Å²) in [7, 11) is 0. The SMILES string of the molecule is O=C1CCCN1Cc1ccc(Br)c([N+](=O)[O-])c1. The highest BCUT2D eigenvalue weighted by Gasteiger charge is 2.21. The summed E-state index contributed by atoms with van der Waals surface area (Å²) < 4.78 is 0.457. The van der Waals surface area contributed by atoms with Crippen LogP contribution in [0, 0.1) is 10.1 Å². The van der Waals surface area contributed by atoms with E-state index in [-0.39, 0.29) is 11.6 Å². The van der Waals surface area contributed by atoms with Gasteiger partial charge < -0.3 is 4.90 Å². The lowest BCUT2D eigenvalue weighted by Crippen LogP contribution is -2.23. The van der Waals surface area contributed by atoms with Crippen molar-refractivity contribution in [2.75, 3.05) is 6.54 Å². The molecule has 1 aliphatic rings. The number of hydrogen-bond donors (Lipinski definition) is 0. The monoisotopic (exact) mass is 298 g/mol. The minimum atomic E-state index is -0.431. The number of hydrogen-bond acceptors (Lipinski definition) is 3. The summed E-state index contributed by atoms with van der Waals surface area (Å²) in [5.74, 6) is 0.121. The molecule has 90 valence electrons. The first-order valence-electron chi connectivity index (χ1n) is 5.28. The zero-order valence-corrected chi connectivity index (χ0v) is 10.6. The van der Waals surface area contributed by atoms with Gasteiger partial charge in [0, 0.05) is 25.6 Å². The fourth-order valence-electron chi connectivity index (χ4n) is 1.89. The Labute approximate surface area is 107 Å². The minimum Gasteiger partial charge on any atom is -0.338 e. The first-order chi connectivity index (χ1) is 8.08. The molecular formula is C11H11BrN2O3. The second-order valence-corrected chi connectivity index (χ2v) is 4.82. The van der Waals surface area contributed by atoms with Gasteiger partial charge in [-0.2, -0.15) is 0 Å². The van der Waals surface area contributed by atoms with Crippen molar-refractivity contribution in [1.29, 1.82) is 0 Å². The summed E-state index contributed by atoms with van der Waals surface area (Å²) in [5, 5.41) is 10.8. The lowest BCUT2D eigenvalue weighted by molar-refractivity contribution is -0.385. The number of nitro benzene ring substituents is 1. The molecule has 0 unspecified atom stereocenters. The van der Waals surface area contributed by atoms with E-state index in [1.54, 1.807) is 17.0 Å². The van der Waals surface area contributed by atoms with Crippen LogP contribution in [0.1, 0.15) is 18.4 Å². The first-order valence-corrected chi connectivity index (χ1v) is 6.08. The summed E-state index contributed by atoms with van der Waals surface area (Å²) in [6.07, 6.45) is 1.45. The Hall–Kier alpha value is -1.43. The van der Waals surface area contributed by atoms with Crippen molar-refractivity contribution in [3.8, 4) is 0 Å². The Morgan fingerprint density at radius 1 is 1.47 bits per heavy atom. The second-order valence-electron chi connectivity index (χ2n) is 3.96. The summed E-state index contributed by atoms with van der Waals surface area (Å²) in [4.78, 5) is 23.5. The Morgan fingerprint density at radius 3 is 2.82 bits per heavy atom. The molecule has 5 nitrogen and oxygen atoms in total. The normalized spacial score (nSPS) is 15.4. The van der Waals surface area contributed by atoms with Crippen LogP contribution in [0.2, 0.25) is 0 Å². The molecule has 1 aromatic rings. The van der Waals surface area contributed by atoms with Crippen LogP contribution in [0.5, 0.6) is 0 Å². The van der Waals surface area contributed by atoms with Gasteiger partial charge in [-0.25, -0.2) is 0 Å². The number of likely N-dealkylation sites (tertiary alicyclic amines) is 1. The molecule has 0 aliphatic carbocycles. The second kappa shape index (κ2) is 4.83. The lowest BCUT2D eigenvalue weighted by atomic mass is 10.2. The molecule has 2 rings (SSSR count). The summed E-state index contributed by atoms with van der Waals surface area (Å²) >= 11 is 3.13. The number of rotatable bonds is 3. The van der Waals surface area contributed by atoms with Gasteiger partial charge in [-0.1, -0.05) is 6.07 Å². The highest BCUT2D eigenvalue weighted by Crippen LogP contribution is 2.26. The molecule has 1 amide bonds. The van der Waals surface area contributed by atoms with Crippen molar-refractivity contribution in [2.45, 2.75) is 19.4 Å². The molecule has 0 bridgehead atoms. The van der Waals surface area contributed by atoms with Crippen molar-refractivity contribution in [3.63, 3.8) is 0 Å². The van der Waals surface area contributed by atoms with E-state index in [0.29, 0.717) is 17.4 Å². The maximum atomic E-state index is 11.4. The van der Waals surface area contributed by atoms with Gasteiger partial charge in [-0.15, -0.1) is 0 Å². The van der Waals surface area contributed by atoms with Gasteiger partial charge in [-0.3, -0.25) is 14.9 Å². The lowest BCUT2D eigenvalue weighted by Gasteiger charge is -2.15. The number of nitrogens with zero attached hydrogens (tertiary/aromatic N) is 2. The van der Waals surface area contributed by atoms with Crippen LogP contribution in [0.15, 0.2) is 22.7 Å². The predicted molar refractivity (Wildman–Crippen MR) is 65.4 cm³/mol. The Bertz CT molecular complexity index is 476. The van der Waals surface area contributed by atoms with E-state index in [0.717, 1.165) is 18.5 Å². The van der Waals surface area contributed by atoms with Crippen molar-refractivity contribution in [3.05, 3.63) is 38.3 Å². The van der Waals surface area contributed by atoms with Crippen LogP contribution >= 0.6 is 15.9 Å². The molecule has 1 fully saturated rings. The zero-order valence-electron chi connectivity index (χ0n) is 9.06. The van der Waals surface area contributed by atoms with Crippen LogP contribution in [0.4, 0.5) is 5.69 Å². The van der Waals surface area contributed by atoms with Crippen molar-refractivity contribution in [1.82, 2.24) is 4.90 Å². The van der Waals surface area contributed by atoms with Gasteiger partial charge in [-0.05, 0) is 34.0 Å². The molecule has 0 radical (unpaired) electrons. The molecule has 1 aromatic carbocycles. The van der Waals surface area contributed by atoms with E-state index < -0.39 is 4.92 Å². The number of nitro groups is 1. The molecule has 17 heavy (non-hydrogen) atoms. The van der Waals surface area contributed by atoms with Crippen molar-refractivity contribution >= 4 is 27.5 Å². The third kappa shape index (κ3) is 2.63. The van der Waals surface area contributed by atoms with Crippen molar-refractivity contribution < 1.29 is 9.72 Å². The van der Waals surface area contributed by atoms with Crippen LogP contribution in [0.3, 0.4) is 0 Å². The van der Waals surface area contributed by atoms with Crippen LogP contribution < -0.4 is 0 Å². The highest BCUT2D eigenvalue weighted by molar-refractivity contribution is 9.10. The smallest absolute Gasteiger partial charge is 0.283 e. The molecule has 0 aromatic heterocycles. The van der Waals surface area contributed by atoms with E-state index >= 15 is 0 Å². The van der Waals surface area contributed by atoms with Crippen LogP contribution in [-0.4, -0.2) is 22.3 Å². The van der Waals surface area contributed by atoms with E-state index in [2.05, 4.69) is 15.9 Å². The highest BCUT2D eigenvalue weighted by atomic mass is 79.9. The molecule has 6 heteroatoms. The summed E-state index contributed by atoms with van der Waals surface area (Å²) in [5.41, 5.74) is 0.823. The molecular weight excluding hydrogens is 288 g/mol. The topological polar surface area (TPSA) is 63.5 Å². The average molecular weight is 299 g/mol.